The molecule has 0 amide bonds. The number of carbonyl (C=O) groups is 2. The van der Waals surface area contributed by atoms with Crippen molar-refractivity contribution in [2.45, 2.75) is 76.9 Å². The summed E-state index contributed by atoms with van der Waals surface area (Å²) in [5.41, 5.74) is -0.0957. The second-order valence-corrected chi connectivity index (χ2v) is 10.2. The zero-order chi connectivity index (χ0) is 23.3. The van der Waals surface area contributed by atoms with Gasteiger partial charge in [0.25, 0.3) is 0 Å². The Kier molecular flexibility index (Phi) is 5.97. The summed E-state index contributed by atoms with van der Waals surface area (Å²) < 4.78 is 39.5. The van der Waals surface area contributed by atoms with Crippen molar-refractivity contribution in [2.75, 3.05) is 0 Å². The maximum Gasteiger partial charge on any atom is 0.378 e. The topological polar surface area (TPSA) is 72.8 Å². The molecule has 1 aromatic carbocycles. The average molecular weight is 451 g/mol. The van der Waals surface area contributed by atoms with E-state index in [1.807, 2.05) is 0 Å². The highest BCUT2D eigenvalue weighted by Gasteiger charge is 2.58. The van der Waals surface area contributed by atoms with E-state index in [0.29, 0.717) is 17.6 Å². The van der Waals surface area contributed by atoms with E-state index in [1.54, 1.807) is 12.1 Å². The van der Waals surface area contributed by atoms with E-state index in [0.717, 1.165) is 18.3 Å². The minimum Gasteiger partial charge on any atom is -0.487 e. The molecule has 0 radical (unpaired) electrons. The van der Waals surface area contributed by atoms with Crippen molar-refractivity contribution in [3.63, 3.8) is 0 Å². The lowest BCUT2D eigenvalue weighted by molar-refractivity contribution is -0.187. The number of hydrogen-bond donors (Lipinski definition) is 1. The monoisotopic (exact) mass is 450 g/mol. The van der Waals surface area contributed by atoms with E-state index < -0.39 is 29.9 Å². The molecule has 0 saturated heterocycles. The summed E-state index contributed by atoms with van der Waals surface area (Å²) in [4.78, 5) is 23.4. The van der Waals surface area contributed by atoms with Crippen LogP contribution < -0.4 is 4.74 Å². The van der Waals surface area contributed by atoms with Crippen molar-refractivity contribution >= 4 is 11.9 Å². The third-order valence-corrected chi connectivity index (χ3v) is 7.95. The Morgan fingerprint density at radius 2 is 1.59 bits per heavy atom. The van der Waals surface area contributed by atoms with Crippen LogP contribution in [0.4, 0.5) is 8.78 Å². The summed E-state index contributed by atoms with van der Waals surface area (Å²) in [7, 11) is 0. The number of carboxylic acid groups (broad SMARTS) is 1. The van der Waals surface area contributed by atoms with Crippen molar-refractivity contribution < 1.29 is 33.0 Å². The van der Waals surface area contributed by atoms with Gasteiger partial charge in [0, 0.05) is 0 Å². The highest BCUT2D eigenvalue weighted by Crippen LogP contribution is 2.60. The Balaban J connectivity index is 1.47. The first-order valence-electron chi connectivity index (χ1n) is 11.7. The second-order valence-electron chi connectivity index (χ2n) is 10.2. The zero-order valence-electron chi connectivity index (χ0n) is 18.9. The molecule has 4 fully saturated rings. The molecular weight excluding hydrogens is 418 g/mol. The van der Waals surface area contributed by atoms with Crippen LogP contribution in [0.3, 0.4) is 0 Å². The fraction of sp³-hybridized carbons (Fsp3) is 0.680. The molecule has 4 bridgehead atoms. The number of rotatable bonds is 8. The van der Waals surface area contributed by atoms with E-state index in [4.69, 9.17) is 14.6 Å². The summed E-state index contributed by atoms with van der Waals surface area (Å²) >= 11 is 0. The lowest BCUT2D eigenvalue weighted by atomic mass is 9.49. The molecule has 176 valence electrons. The minimum absolute atomic E-state index is 0.0832. The van der Waals surface area contributed by atoms with E-state index in [-0.39, 0.29) is 11.2 Å². The average Bonchev–Trinajstić information content (AvgIpc) is 2.74. The van der Waals surface area contributed by atoms with Gasteiger partial charge in [0.15, 0.2) is 6.10 Å². The maximum atomic E-state index is 14.0. The van der Waals surface area contributed by atoms with Gasteiger partial charge >= 0.3 is 17.9 Å². The van der Waals surface area contributed by atoms with E-state index >= 15 is 0 Å². The third-order valence-electron chi connectivity index (χ3n) is 7.95. The predicted octanol–water partition coefficient (Wildman–Crippen LogP) is 5.57. The van der Waals surface area contributed by atoms with Crippen LogP contribution in [-0.4, -0.2) is 34.7 Å². The summed E-state index contributed by atoms with van der Waals surface area (Å²) in [5.74, 6) is -4.89. The molecule has 1 aromatic rings. The Morgan fingerprint density at radius 1 is 1.06 bits per heavy atom. The molecule has 1 unspecified atom stereocenters. The van der Waals surface area contributed by atoms with Crippen LogP contribution in [0, 0.1) is 29.6 Å². The molecule has 32 heavy (non-hydrogen) atoms. The molecule has 0 aliphatic heterocycles. The van der Waals surface area contributed by atoms with Gasteiger partial charge in [0.05, 0.1) is 5.56 Å². The number of ether oxygens (including phenoxy) is 2. The second kappa shape index (κ2) is 8.31. The van der Waals surface area contributed by atoms with Crippen LogP contribution in [-0.2, 0) is 9.53 Å². The summed E-state index contributed by atoms with van der Waals surface area (Å²) in [6.07, 6.45) is 5.13. The van der Waals surface area contributed by atoms with Crippen molar-refractivity contribution in [2.24, 2.45) is 29.6 Å². The van der Waals surface area contributed by atoms with Gasteiger partial charge in [0.1, 0.15) is 11.4 Å². The van der Waals surface area contributed by atoms with Gasteiger partial charge < -0.3 is 14.6 Å². The molecule has 5 nitrogen and oxygen atoms in total. The number of alkyl halides is 2. The van der Waals surface area contributed by atoms with Crippen LogP contribution in [0.15, 0.2) is 24.3 Å². The van der Waals surface area contributed by atoms with Gasteiger partial charge in [-0.2, -0.15) is 8.78 Å². The predicted molar refractivity (Wildman–Crippen MR) is 114 cm³/mol. The lowest BCUT2D eigenvalue weighted by Crippen LogP contribution is -2.60. The fourth-order valence-corrected chi connectivity index (χ4v) is 6.61. The fourth-order valence-electron chi connectivity index (χ4n) is 6.61. The SMILES string of the molecule is CCC1(Oc2ccc(C(=O)OC(C(C)C)C(F)(F)C(=O)O)cc2)C2CC3CC(C2)CC1C3. The number of hydrogen-bond acceptors (Lipinski definition) is 4. The summed E-state index contributed by atoms with van der Waals surface area (Å²) in [6, 6.07) is 6.35. The number of carbonyl (C=O) groups excluding carboxylic acids is 1. The maximum absolute atomic E-state index is 14.0. The smallest absolute Gasteiger partial charge is 0.378 e. The molecular formula is C25H32F2O5. The number of esters is 1. The molecule has 1 atom stereocenters. The summed E-state index contributed by atoms with van der Waals surface area (Å²) in [5, 5.41) is 8.81. The molecule has 0 aromatic heterocycles. The quantitative estimate of drug-likeness (QED) is 0.524. The highest BCUT2D eigenvalue weighted by molar-refractivity contribution is 5.90. The number of benzene rings is 1. The number of carboxylic acids is 1. The highest BCUT2D eigenvalue weighted by atomic mass is 19.3. The van der Waals surface area contributed by atoms with Gasteiger partial charge in [-0.15, -0.1) is 0 Å². The van der Waals surface area contributed by atoms with Crippen LogP contribution >= 0.6 is 0 Å². The molecule has 0 spiro atoms. The molecule has 4 aliphatic rings. The molecule has 7 heteroatoms. The minimum atomic E-state index is -4.17. The molecule has 4 aliphatic carbocycles. The first-order chi connectivity index (χ1) is 15.1. The van der Waals surface area contributed by atoms with Gasteiger partial charge in [-0.25, -0.2) is 9.59 Å². The molecule has 5 rings (SSSR count). The normalized spacial score (nSPS) is 32.1. The van der Waals surface area contributed by atoms with Crippen LogP contribution in [0.2, 0.25) is 0 Å². The van der Waals surface area contributed by atoms with E-state index in [9.17, 15) is 18.4 Å². The third kappa shape index (κ3) is 3.88. The number of halogens is 2. The van der Waals surface area contributed by atoms with Crippen molar-refractivity contribution in [1.82, 2.24) is 0 Å². The van der Waals surface area contributed by atoms with Crippen molar-refractivity contribution in [3.8, 4) is 5.75 Å². The van der Waals surface area contributed by atoms with Crippen LogP contribution in [0.25, 0.3) is 0 Å². The zero-order valence-corrected chi connectivity index (χ0v) is 18.9. The van der Waals surface area contributed by atoms with Gasteiger partial charge in [-0.1, -0.05) is 20.8 Å². The molecule has 4 saturated carbocycles. The van der Waals surface area contributed by atoms with Gasteiger partial charge in [-0.3, -0.25) is 0 Å². The lowest BCUT2D eigenvalue weighted by Gasteiger charge is -2.60. The Morgan fingerprint density at radius 3 is 2.03 bits per heavy atom. The first-order valence-corrected chi connectivity index (χ1v) is 11.7. The molecule has 1 N–H and O–H groups in total. The van der Waals surface area contributed by atoms with Gasteiger partial charge in [0.2, 0.25) is 0 Å². The number of aliphatic carboxylic acids is 1. The first kappa shape index (κ1) is 23.0. The van der Waals surface area contributed by atoms with Crippen molar-refractivity contribution in [1.29, 1.82) is 0 Å². The Bertz CT molecular complexity index is 836. The Hall–Kier alpha value is -2.18. The van der Waals surface area contributed by atoms with Gasteiger partial charge in [-0.05, 0) is 92.4 Å². The summed E-state index contributed by atoms with van der Waals surface area (Å²) in [6.45, 7) is 4.96. The standard InChI is InChI=1S/C25H32F2O5/c1-4-24(18-10-15-9-16(12-18)13-19(24)11-15)32-20-7-5-17(6-8-20)22(28)31-21(14(2)3)25(26,27)23(29)30/h5-8,14-16,18-19,21H,4,9-13H2,1-3H3,(H,29,30). The van der Waals surface area contributed by atoms with Crippen LogP contribution in [0.1, 0.15) is 69.7 Å². The van der Waals surface area contributed by atoms with E-state index in [2.05, 4.69) is 6.92 Å². The van der Waals surface area contributed by atoms with Crippen LogP contribution in [0.5, 0.6) is 5.75 Å². The molecule has 0 heterocycles. The Labute approximate surface area is 187 Å². The largest absolute Gasteiger partial charge is 0.487 e. The van der Waals surface area contributed by atoms with Crippen molar-refractivity contribution in [3.05, 3.63) is 29.8 Å². The van der Waals surface area contributed by atoms with E-state index in [1.165, 1.54) is 58.1 Å².